The van der Waals surface area contributed by atoms with Crippen LogP contribution < -0.4 is 16.1 Å². The Hall–Kier alpha value is -2.50. The standard InChI is InChI=1S/C13H15N3O3/c1-8-11(17)14-13(19)16(12(8)18)10-6-4-5-9(7-10)15(2)3/h4-7,18H,1-3H3,(H,14,17,19). The Morgan fingerprint density at radius 2 is 1.95 bits per heavy atom. The lowest BCUT2D eigenvalue weighted by molar-refractivity contribution is 0.426. The Kier molecular flexibility index (Phi) is 3.16. The molecule has 19 heavy (non-hydrogen) atoms. The van der Waals surface area contributed by atoms with E-state index in [0.29, 0.717) is 5.69 Å². The monoisotopic (exact) mass is 261 g/mol. The number of nitrogens with one attached hydrogen (secondary N) is 1. The molecule has 6 heteroatoms. The van der Waals surface area contributed by atoms with Gasteiger partial charge in [-0.3, -0.25) is 9.78 Å². The minimum absolute atomic E-state index is 0.106. The van der Waals surface area contributed by atoms with Crippen LogP contribution in [0.1, 0.15) is 5.56 Å². The average molecular weight is 261 g/mol. The Bertz CT molecular complexity index is 729. The van der Waals surface area contributed by atoms with E-state index in [2.05, 4.69) is 4.98 Å². The van der Waals surface area contributed by atoms with Crippen molar-refractivity contribution in [2.45, 2.75) is 6.92 Å². The van der Waals surface area contributed by atoms with E-state index in [9.17, 15) is 14.7 Å². The first kappa shape index (κ1) is 12.9. The highest BCUT2D eigenvalue weighted by molar-refractivity contribution is 5.53. The zero-order chi connectivity index (χ0) is 14.2. The quantitative estimate of drug-likeness (QED) is 0.830. The van der Waals surface area contributed by atoms with Gasteiger partial charge < -0.3 is 10.0 Å². The van der Waals surface area contributed by atoms with E-state index in [1.165, 1.54) is 6.92 Å². The highest BCUT2D eigenvalue weighted by Gasteiger charge is 2.12. The summed E-state index contributed by atoms with van der Waals surface area (Å²) in [4.78, 5) is 27.3. The highest BCUT2D eigenvalue weighted by Crippen LogP contribution is 2.19. The summed E-state index contributed by atoms with van der Waals surface area (Å²) in [6, 6.07) is 7.09. The second kappa shape index (κ2) is 4.64. The lowest BCUT2D eigenvalue weighted by Crippen LogP contribution is -2.30. The summed E-state index contributed by atoms with van der Waals surface area (Å²) in [5.74, 6) is -0.343. The predicted molar refractivity (Wildman–Crippen MR) is 73.4 cm³/mol. The van der Waals surface area contributed by atoms with Crippen molar-refractivity contribution in [1.29, 1.82) is 0 Å². The van der Waals surface area contributed by atoms with Crippen molar-refractivity contribution in [3.8, 4) is 11.6 Å². The number of benzene rings is 1. The van der Waals surface area contributed by atoms with Crippen LogP contribution in [0.25, 0.3) is 5.69 Å². The number of aromatic nitrogens is 2. The molecule has 2 rings (SSSR count). The van der Waals surface area contributed by atoms with Gasteiger partial charge in [-0.15, -0.1) is 0 Å². The van der Waals surface area contributed by atoms with E-state index < -0.39 is 11.2 Å². The molecule has 0 saturated carbocycles. The summed E-state index contributed by atoms with van der Waals surface area (Å²) in [5, 5.41) is 9.97. The molecule has 6 nitrogen and oxygen atoms in total. The summed E-state index contributed by atoms with van der Waals surface area (Å²) in [5.41, 5.74) is 0.238. The molecule has 0 atom stereocenters. The zero-order valence-electron chi connectivity index (χ0n) is 11.0. The van der Waals surface area contributed by atoms with Crippen molar-refractivity contribution in [2.75, 3.05) is 19.0 Å². The van der Waals surface area contributed by atoms with Crippen molar-refractivity contribution in [1.82, 2.24) is 9.55 Å². The summed E-state index contributed by atoms with van der Waals surface area (Å²) < 4.78 is 1.07. The van der Waals surface area contributed by atoms with Crippen molar-refractivity contribution in [3.05, 3.63) is 50.7 Å². The van der Waals surface area contributed by atoms with Crippen LogP contribution in [0.2, 0.25) is 0 Å². The van der Waals surface area contributed by atoms with Crippen LogP contribution in [0.4, 0.5) is 5.69 Å². The van der Waals surface area contributed by atoms with Crippen LogP contribution in [0.5, 0.6) is 5.88 Å². The predicted octanol–water partition coefficient (Wildman–Crippen LogP) is 0.606. The molecule has 0 unspecified atom stereocenters. The fourth-order valence-electron chi connectivity index (χ4n) is 1.76. The Balaban J connectivity index is 2.73. The smallest absolute Gasteiger partial charge is 0.335 e. The molecule has 0 aliphatic heterocycles. The van der Waals surface area contributed by atoms with Gasteiger partial charge in [-0.1, -0.05) is 6.07 Å². The summed E-state index contributed by atoms with van der Waals surface area (Å²) in [7, 11) is 3.75. The number of aromatic amines is 1. The van der Waals surface area contributed by atoms with E-state index in [1.54, 1.807) is 18.2 Å². The van der Waals surface area contributed by atoms with Gasteiger partial charge in [0, 0.05) is 19.8 Å². The average Bonchev–Trinajstić information content (AvgIpc) is 2.36. The minimum atomic E-state index is -0.663. The Morgan fingerprint density at radius 1 is 1.26 bits per heavy atom. The third-order valence-corrected chi connectivity index (χ3v) is 2.92. The second-order valence-electron chi connectivity index (χ2n) is 4.46. The number of hydrogen-bond donors (Lipinski definition) is 2. The van der Waals surface area contributed by atoms with Crippen LogP contribution in [-0.2, 0) is 0 Å². The van der Waals surface area contributed by atoms with Crippen LogP contribution in [0.3, 0.4) is 0 Å². The van der Waals surface area contributed by atoms with Crippen molar-refractivity contribution >= 4 is 5.69 Å². The SMILES string of the molecule is Cc1c(O)n(-c2cccc(N(C)C)c2)c(=O)[nH]c1=O. The number of anilines is 1. The molecule has 1 heterocycles. The molecule has 0 aliphatic rings. The molecule has 1 aromatic carbocycles. The fourth-order valence-corrected chi connectivity index (χ4v) is 1.76. The van der Waals surface area contributed by atoms with E-state index in [-0.39, 0.29) is 11.4 Å². The first-order valence-electron chi connectivity index (χ1n) is 5.74. The molecule has 2 aromatic rings. The molecule has 0 saturated heterocycles. The van der Waals surface area contributed by atoms with E-state index >= 15 is 0 Å². The maximum atomic E-state index is 11.8. The third-order valence-electron chi connectivity index (χ3n) is 2.92. The third kappa shape index (κ3) is 2.24. The van der Waals surface area contributed by atoms with Gasteiger partial charge in [-0.25, -0.2) is 9.36 Å². The topological polar surface area (TPSA) is 78.3 Å². The zero-order valence-corrected chi connectivity index (χ0v) is 11.0. The van der Waals surface area contributed by atoms with E-state index in [4.69, 9.17) is 0 Å². The summed E-state index contributed by atoms with van der Waals surface area (Å²) in [6.45, 7) is 1.46. The largest absolute Gasteiger partial charge is 0.494 e. The Labute approximate surface area is 109 Å². The molecular formula is C13H15N3O3. The summed E-state index contributed by atoms with van der Waals surface area (Å²) in [6.07, 6.45) is 0. The Morgan fingerprint density at radius 3 is 2.58 bits per heavy atom. The van der Waals surface area contributed by atoms with Crippen molar-refractivity contribution in [2.24, 2.45) is 0 Å². The number of nitrogens with zero attached hydrogens (tertiary/aromatic N) is 2. The molecule has 0 bridgehead atoms. The van der Waals surface area contributed by atoms with Crippen LogP contribution in [0.15, 0.2) is 33.9 Å². The molecule has 0 aliphatic carbocycles. The first-order chi connectivity index (χ1) is 8.91. The van der Waals surface area contributed by atoms with Gasteiger partial charge in [-0.2, -0.15) is 0 Å². The lowest BCUT2D eigenvalue weighted by atomic mass is 10.2. The number of rotatable bonds is 2. The molecule has 2 N–H and O–H groups in total. The minimum Gasteiger partial charge on any atom is -0.494 e. The van der Waals surface area contributed by atoms with Crippen LogP contribution in [0, 0.1) is 6.92 Å². The van der Waals surface area contributed by atoms with Gasteiger partial charge in [0.05, 0.1) is 11.3 Å². The van der Waals surface area contributed by atoms with Gasteiger partial charge in [-0.05, 0) is 25.1 Å². The normalized spacial score (nSPS) is 10.5. The first-order valence-corrected chi connectivity index (χ1v) is 5.74. The second-order valence-corrected chi connectivity index (χ2v) is 4.46. The van der Waals surface area contributed by atoms with Crippen LogP contribution >= 0.6 is 0 Å². The molecule has 0 spiro atoms. The maximum absolute atomic E-state index is 11.8. The van der Waals surface area contributed by atoms with Gasteiger partial charge >= 0.3 is 5.69 Å². The highest BCUT2D eigenvalue weighted by atomic mass is 16.3. The molecule has 100 valence electrons. The molecule has 1 aromatic heterocycles. The van der Waals surface area contributed by atoms with Gasteiger partial charge in [0.2, 0.25) is 5.88 Å². The number of aromatic hydroxyl groups is 1. The molecule has 0 radical (unpaired) electrons. The van der Waals surface area contributed by atoms with Crippen LogP contribution in [-0.4, -0.2) is 28.8 Å². The van der Waals surface area contributed by atoms with Gasteiger partial charge in [0.1, 0.15) is 0 Å². The van der Waals surface area contributed by atoms with Crippen molar-refractivity contribution < 1.29 is 5.11 Å². The van der Waals surface area contributed by atoms with Gasteiger partial charge in [0.15, 0.2) is 0 Å². The fraction of sp³-hybridized carbons (Fsp3) is 0.231. The molecule has 0 amide bonds. The van der Waals surface area contributed by atoms with E-state index in [0.717, 1.165) is 10.3 Å². The van der Waals surface area contributed by atoms with Gasteiger partial charge in [0.25, 0.3) is 5.56 Å². The number of H-pyrrole nitrogens is 1. The molecular weight excluding hydrogens is 246 g/mol. The lowest BCUT2D eigenvalue weighted by Gasteiger charge is -2.15. The number of hydrogen-bond acceptors (Lipinski definition) is 4. The molecule has 0 fully saturated rings. The van der Waals surface area contributed by atoms with E-state index in [1.807, 2.05) is 25.1 Å². The summed E-state index contributed by atoms with van der Waals surface area (Å²) >= 11 is 0. The maximum Gasteiger partial charge on any atom is 0.335 e. The van der Waals surface area contributed by atoms with Crippen molar-refractivity contribution in [3.63, 3.8) is 0 Å².